The first kappa shape index (κ1) is 17.4. The predicted molar refractivity (Wildman–Crippen MR) is 36.1 cm³/mol. The number of allylic oxidation sites excluding steroid dienone is 3. The number of hydrogen-bond donors (Lipinski definition) is 0. The van der Waals surface area contributed by atoms with Crippen LogP contribution < -0.4 is 68.9 Å². The van der Waals surface area contributed by atoms with Crippen molar-refractivity contribution in [2.45, 2.75) is 0 Å². The molecule has 0 saturated carbocycles. The Kier molecular flexibility index (Phi) is 10.1. The molecular weight excluding hydrogens is 229 g/mol. The summed E-state index contributed by atoms with van der Waals surface area (Å²) in [6.45, 7) is 0. The molecular formula is C6H5Na2O5P. The van der Waals surface area contributed by atoms with Gasteiger partial charge in [0.15, 0.2) is 0 Å². The smallest absolute Gasteiger partial charge is 0.780 e. The van der Waals surface area contributed by atoms with Crippen LogP contribution >= 0.6 is 7.82 Å². The maximum Gasteiger partial charge on any atom is 1.00 e. The van der Waals surface area contributed by atoms with Crippen LogP contribution in [0.4, 0.5) is 0 Å². The normalized spacial score (nSPS) is 14.0. The minimum atomic E-state index is -4.96. The van der Waals surface area contributed by atoms with Crippen molar-refractivity contribution < 1.29 is 82.7 Å². The van der Waals surface area contributed by atoms with E-state index in [0.717, 1.165) is 0 Å². The van der Waals surface area contributed by atoms with E-state index in [4.69, 9.17) is 0 Å². The fraction of sp³-hybridized carbons (Fsp3) is 0. The van der Waals surface area contributed by atoms with Gasteiger partial charge in [-0.1, -0.05) is 0 Å². The summed E-state index contributed by atoms with van der Waals surface area (Å²) in [7, 11) is -4.96. The fourth-order valence-corrected chi connectivity index (χ4v) is 0.957. The molecule has 1 aliphatic heterocycles. The Balaban J connectivity index is 0. The molecule has 14 heavy (non-hydrogen) atoms. The van der Waals surface area contributed by atoms with Gasteiger partial charge in [0.05, 0.1) is 12.5 Å². The topological polar surface area (TPSA) is 81.7 Å². The number of ether oxygens (including phenoxy) is 1. The van der Waals surface area contributed by atoms with E-state index in [-0.39, 0.29) is 64.9 Å². The Morgan fingerprint density at radius 3 is 2.50 bits per heavy atom. The van der Waals surface area contributed by atoms with E-state index in [0.29, 0.717) is 0 Å². The molecule has 0 aromatic heterocycles. The van der Waals surface area contributed by atoms with Gasteiger partial charge in [-0.05, 0) is 12.2 Å². The molecule has 0 N–H and O–H groups in total. The van der Waals surface area contributed by atoms with Crippen LogP contribution in [0.25, 0.3) is 0 Å². The Bertz CT molecular complexity index is 293. The third kappa shape index (κ3) is 8.29. The molecule has 0 bridgehead atoms. The zero-order valence-electron chi connectivity index (χ0n) is 7.88. The zero-order valence-corrected chi connectivity index (χ0v) is 12.8. The SMILES string of the molecule is O=P([O-])([O-])OC1=CC=COC=C1.[Na+].[Na+]. The first-order chi connectivity index (χ1) is 5.58. The van der Waals surface area contributed by atoms with Crippen LogP contribution in [0.5, 0.6) is 0 Å². The number of rotatable bonds is 2. The van der Waals surface area contributed by atoms with Crippen molar-refractivity contribution in [2.24, 2.45) is 0 Å². The molecule has 0 aliphatic carbocycles. The fourth-order valence-electron chi connectivity index (χ4n) is 0.577. The van der Waals surface area contributed by atoms with Gasteiger partial charge in [-0.15, -0.1) is 0 Å². The van der Waals surface area contributed by atoms with Crippen LogP contribution in [0.15, 0.2) is 36.5 Å². The molecule has 8 heteroatoms. The summed E-state index contributed by atoms with van der Waals surface area (Å²) in [6, 6.07) is 0. The Hall–Kier alpha value is 0.970. The van der Waals surface area contributed by atoms with Crippen molar-refractivity contribution >= 4 is 7.82 Å². The Labute approximate surface area is 126 Å². The summed E-state index contributed by atoms with van der Waals surface area (Å²) < 4.78 is 18.8. The zero-order chi connectivity index (χ0) is 9.03. The molecule has 66 valence electrons. The summed E-state index contributed by atoms with van der Waals surface area (Å²) in [5.41, 5.74) is 0. The van der Waals surface area contributed by atoms with Gasteiger partial charge in [-0.3, -0.25) is 0 Å². The molecule has 0 fully saturated rings. The molecule has 5 nitrogen and oxygen atoms in total. The molecule has 0 aromatic rings. The minimum Gasteiger partial charge on any atom is -0.780 e. The van der Waals surface area contributed by atoms with Crippen LogP contribution in [0.3, 0.4) is 0 Å². The molecule has 1 aliphatic rings. The predicted octanol–water partition coefficient (Wildman–Crippen LogP) is -6.22. The van der Waals surface area contributed by atoms with Crippen molar-refractivity contribution in [2.75, 3.05) is 0 Å². The first-order valence-corrected chi connectivity index (χ1v) is 4.44. The number of hydrogen-bond acceptors (Lipinski definition) is 5. The second kappa shape index (κ2) is 8.16. The van der Waals surface area contributed by atoms with Crippen LogP contribution in [0.1, 0.15) is 0 Å². The Morgan fingerprint density at radius 2 is 1.93 bits per heavy atom. The van der Waals surface area contributed by atoms with Gasteiger partial charge >= 0.3 is 59.1 Å². The number of phosphoric ester groups is 1. The van der Waals surface area contributed by atoms with Crippen molar-refractivity contribution in [3.63, 3.8) is 0 Å². The van der Waals surface area contributed by atoms with Gasteiger partial charge in [0.2, 0.25) is 0 Å². The molecule has 0 saturated heterocycles. The molecule has 0 unspecified atom stereocenters. The third-order valence-corrected chi connectivity index (χ3v) is 1.38. The minimum absolute atomic E-state index is 0. The van der Waals surface area contributed by atoms with Crippen molar-refractivity contribution in [3.8, 4) is 0 Å². The van der Waals surface area contributed by atoms with Gasteiger partial charge < -0.3 is 23.6 Å². The van der Waals surface area contributed by atoms with Gasteiger partial charge in [-0.25, -0.2) is 0 Å². The van der Waals surface area contributed by atoms with Gasteiger partial charge in [0, 0.05) is 6.08 Å². The molecule has 0 radical (unpaired) electrons. The summed E-state index contributed by atoms with van der Waals surface area (Å²) in [6.07, 6.45) is 6.44. The Morgan fingerprint density at radius 1 is 1.29 bits per heavy atom. The van der Waals surface area contributed by atoms with Gasteiger partial charge in [-0.2, -0.15) is 0 Å². The summed E-state index contributed by atoms with van der Waals surface area (Å²) in [5, 5.41) is 0. The second-order valence-corrected chi connectivity index (χ2v) is 2.95. The molecule has 0 amide bonds. The number of phosphoric acid groups is 1. The van der Waals surface area contributed by atoms with E-state index in [1.807, 2.05) is 0 Å². The average molecular weight is 234 g/mol. The standard InChI is InChI=1S/C6H7O5P.2Na/c7-12(8,9)11-6-2-1-4-10-5-3-6;;/h1-5H,(H2,7,8,9);;/q;2*+1/p-2. The monoisotopic (exact) mass is 234 g/mol. The van der Waals surface area contributed by atoms with E-state index in [9.17, 15) is 14.4 Å². The second-order valence-electron chi connectivity index (χ2n) is 1.87. The van der Waals surface area contributed by atoms with E-state index in [1.54, 1.807) is 0 Å². The molecule has 0 spiro atoms. The average Bonchev–Trinajstić information content (AvgIpc) is 2.12. The van der Waals surface area contributed by atoms with Gasteiger partial charge in [0.1, 0.15) is 13.6 Å². The van der Waals surface area contributed by atoms with Gasteiger partial charge in [0.25, 0.3) is 0 Å². The van der Waals surface area contributed by atoms with Crippen molar-refractivity contribution in [3.05, 3.63) is 36.5 Å². The summed E-state index contributed by atoms with van der Waals surface area (Å²) in [4.78, 5) is 20.2. The van der Waals surface area contributed by atoms with Crippen LogP contribution in [-0.4, -0.2) is 0 Å². The van der Waals surface area contributed by atoms with Crippen LogP contribution in [0.2, 0.25) is 0 Å². The van der Waals surface area contributed by atoms with Crippen LogP contribution in [0, 0.1) is 0 Å². The van der Waals surface area contributed by atoms with E-state index in [2.05, 4.69) is 9.26 Å². The molecule has 0 atom stereocenters. The first-order valence-electron chi connectivity index (χ1n) is 2.98. The largest absolute Gasteiger partial charge is 1.00 e. The molecule has 0 aromatic carbocycles. The maximum atomic E-state index is 10.1. The summed E-state index contributed by atoms with van der Waals surface area (Å²) >= 11 is 0. The quantitative estimate of drug-likeness (QED) is 0.350. The third-order valence-electron chi connectivity index (χ3n) is 0.946. The van der Waals surface area contributed by atoms with E-state index in [1.165, 1.54) is 30.8 Å². The van der Waals surface area contributed by atoms with Crippen molar-refractivity contribution in [1.82, 2.24) is 0 Å². The van der Waals surface area contributed by atoms with E-state index < -0.39 is 7.82 Å². The van der Waals surface area contributed by atoms with Crippen molar-refractivity contribution in [1.29, 1.82) is 0 Å². The summed E-state index contributed by atoms with van der Waals surface area (Å²) in [5.74, 6) is -0.0721. The maximum absolute atomic E-state index is 10.1. The van der Waals surface area contributed by atoms with Crippen LogP contribution in [-0.2, 0) is 13.8 Å². The molecule has 1 rings (SSSR count). The van der Waals surface area contributed by atoms with E-state index >= 15 is 0 Å². The molecule has 1 heterocycles.